The first-order chi connectivity index (χ1) is 7.76. The molecule has 0 amide bonds. The monoisotopic (exact) mass is 239 g/mol. The molecule has 0 unspecified atom stereocenters. The van der Waals surface area contributed by atoms with Gasteiger partial charge in [-0.2, -0.15) is 0 Å². The van der Waals surface area contributed by atoms with Gasteiger partial charge in [-0.25, -0.2) is 0 Å². The number of ether oxygens (including phenoxy) is 1. The lowest BCUT2D eigenvalue weighted by Crippen LogP contribution is -2.13. The highest BCUT2D eigenvalue weighted by atomic mass is 32.1. The van der Waals surface area contributed by atoms with Crippen LogP contribution in [0.4, 0.5) is 0 Å². The molecule has 86 valence electrons. The molecule has 0 saturated carbocycles. The first kappa shape index (κ1) is 11.2. The van der Waals surface area contributed by atoms with Crippen LogP contribution in [0.5, 0.6) is 5.75 Å². The van der Waals surface area contributed by atoms with Crippen LogP contribution in [0.3, 0.4) is 0 Å². The number of aliphatic hydroxyl groups is 1. The highest BCUT2D eigenvalue weighted by Crippen LogP contribution is 2.23. The van der Waals surface area contributed by atoms with E-state index in [1.807, 2.05) is 18.2 Å². The standard InChI is InChI=1S/C11H13NO3S/c1-15-8-3-4-9-10(7-8)16-11(14)12(9)5-2-6-13/h3-4,7,13H,2,5-6H2,1H3. The van der Waals surface area contributed by atoms with Crippen molar-refractivity contribution >= 4 is 21.6 Å². The maximum absolute atomic E-state index is 11.7. The molecule has 0 saturated heterocycles. The van der Waals surface area contributed by atoms with Crippen molar-refractivity contribution in [2.75, 3.05) is 13.7 Å². The van der Waals surface area contributed by atoms with Crippen LogP contribution in [0.15, 0.2) is 23.0 Å². The summed E-state index contributed by atoms with van der Waals surface area (Å²) >= 11 is 1.20. The molecule has 5 heteroatoms. The molecule has 0 bridgehead atoms. The first-order valence-corrected chi connectivity index (χ1v) is 5.86. The number of thiazole rings is 1. The predicted octanol–water partition coefficient (Wildman–Crippen LogP) is 1.45. The minimum atomic E-state index is 0.0108. The number of fused-ring (bicyclic) bond motifs is 1. The molecular formula is C11H13NO3S. The average Bonchev–Trinajstić information content (AvgIpc) is 2.61. The number of aromatic nitrogens is 1. The number of benzene rings is 1. The Balaban J connectivity index is 2.49. The number of hydrogen-bond donors (Lipinski definition) is 1. The lowest BCUT2D eigenvalue weighted by Gasteiger charge is -2.02. The summed E-state index contributed by atoms with van der Waals surface area (Å²) < 4.78 is 7.72. The van der Waals surface area contributed by atoms with Gasteiger partial charge in [-0.1, -0.05) is 11.3 Å². The number of nitrogens with zero attached hydrogens (tertiary/aromatic N) is 1. The van der Waals surface area contributed by atoms with Gasteiger partial charge < -0.3 is 9.84 Å². The van der Waals surface area contributed by atoms with E-state index >= 15 is 0 Å². The van der Waals surface area contributed by atoms with Crippen molar-refractivity contribution in [2.45, 2.75) is 13.0 Å². The molecule has 0 aliphatic heterocycles. The normalized spacial score (nSPS) is 10.9. The van der Waals surface area contributed by atoms with Crippen molar-refractivity contribution in [3.63, 3.8) is 0 Å². The van der Waals surface area contributed by atoms with Crippen LogP contribution in [0.25, 0.3) is 10.2 Å². The van der Waals surface area contributed by atoms with Gasteiger partial charge in [0.1, 0.15) is 5.75 Å². The maximum Gasteiger partial charge on any atom is 0.308 e. The largest absolute Gasteiger partial charge is 0.497 e. The second-order valence-electron chi connectivity index (χ2n) is 3.43. The molecule has 2 rings (SSSR count). The molecular weight excluding hydrogens is 226 g/mol. The molecule has 1 heterocycles. The van der Waals surface area contributed by atoms with Gasteiger partial charge in [-0.05, 0) is 24.6 Å². The highest BCUT2D eigenvalue weighted by Gasteiger charge is 2.07. The van der Waals surface area contributed by atoms with E-state index in [9.17, 15) is 4.79 Å². The van der Waals surface area contributed by atoms with E-state index in [4.69, 9.17) is 9.84 Å². The van der Waals surface area contributed by atoms with Crippen molar-refractivity contribution in [3.05, 3.63) is 27.9 Å². The molecule has 0 radical (unpaired) electrons. The third kappa shape index (κ3) is 1.96. The fourth-order valence-corrected chi connectivity index (χ4v) is 2.56. The van der Waals surface area contributed by atoms with E-state index < -0.39 is 0 Å². The summed E-state index contributed by atoms with van der Waals surface area (Å²) in [6, 6.07) is 5.57. The van der Waals surface area contributed by atoms with E-state index in [0.717, 1.165) is 16.0 Å². The molecule has 0 spiro atoms. The Kier molecular flexibility index (Phi) is 3.26. The van der Waals surface area contributed by atoms with E-state index in [-0.39, 0.29) is 11.5 Å². The summed E-state index contributed by atoms with van der Waals surface area (Å²) in [7, 11) is 1.60. The first-order valence-electron chi connectivity index (χ1n) is 5.04. The summed E-state index contributed by atoms with van der Waals surface area (Å²) in [5, 5.41) is 8.78. The fourth-order valence-electron chi connectivity index (χ4n) is 1.61. The second-order valence-corrected chi connectivity index (χ2v) is 4.42. The van der Waals surface area contributed by atoms with Crippen LogP contribution in [-0.4, -0.2) is 23.4 Å². The van der Waals surface area contributed by atoms with Crippen LogP contribution < -0.4 is 9.61 Å². The number of methoxy groups -OCH3 is 1. The Morgan fingerprint density at radius 3 is 3.00 bits per heavy atom. The van der Waals surface area contributed by atoms with Crippen LogP contribution >= 0.6 is 11.3 Å². The second kappa shape index (κ2) is 4.67. The molecule has 1 aromatic carbocycles. The molecule has 0 fully saturated rings. The highest BCUT2D eigenvalue weighted by molar-refractivity contribution is 7.16. The number of aryl methyl sites for hydroxylation is 1. The summed E-state index contributed by atoms with van der Waals surface area (Å²) in [6.45, 7) is 0.654. The average molecular weight is 239 g/mol. The number of aliphatic hydroxyl groups excluding tert-OH is 1. The molecule has 16 heavy (non-hydrogen) atoms. The zero-order valence-electron chi connectivity index (χ0n) is 8.97. The molecule has 1 aromatic heterocycles. The maximum atomic E-state index is 11.7. The molecule has 0 aliphatic rings. The fraction of sp³-hybridized carbons (Fsp3) is 0.364. The Labute approximate surface area is 96.7 Å². The molecule has 2 aromatic rings. The molecule has 0 aliphatic carbocycles. The lowest BCUT2D eigenvalue weighted by atomic mass is 10.3. The van der Waals surface area contributed by atoms with E-state index in [1.165, 1.54) is 11.3 Å². The van der Waals surface area contributed by atoms with Gasteiger partial charge in [0, 0.05) is 13.2 Å². The molecule has 1 N–H and O–H groups in total. The minimum Gasteiger partial charge on any atom is -0.497 e. The Hall–Kier alpha value is -1.33. The summed E-state index contributed by atoms with van der Waals surface area (Å²) in [6.07, 6.45) is 0.595. The van der Waals surface area contributed by atoms with Crippen molar-refractivity contribution in [2.24, 2.45) is 0 Å². The number of rotatable bonds is 4. The van der Waals surface area contributed by atoms with E-state index in [1.54, 1.807) is 11.7 Å². The van der Waals surface area contributed by atoms with Gasteiger partial charge in [0.2, 0.25) is 0 Å². The van der Waals surface area contributed by atoms with Crippen LogP contribution in [0.1, 0.15) is 6.42 Å². The van der Waals surface area contributed by atoms with Gasteiger partial charge in [0.25, 0.3) is 0 Å². The number of hydrogen-bond acceptors (Lipinski definition) is 4. The van der Waals surface area contributed by atoms with Crippen molar-refractivity contribution < 1.29 is 9.84 Å². The van der Waals surface area contributed by atoms with Crippen LogP contribution in [0.2, 0.25) is 0 Å². The minimum absolute atomic E-state index is 0.0108. The Morgan fingerprint density at radius 1 is 1.50 bits per heavy atom. The summed E-state index contributed by atoms with van der Waals surface area (Å²) in [5.41, 5.74) is 0.907. The SMILES string of the molecule is COc1ccc2c(c1)sc(=O)n2CCCO. The van der Waals surface area contributed by atoms with Gasteiger partial charge in [0.05, 0.1) is 17.3 Å². The quantitative estimate of drug-likeness (QED) is 0.878. The van der Waals surface area contributed by atoms with Gasteiger partial charge in [0.15, 0.2) is 0 Å². The predicted molar refractivity (Wildman–Crippen MR) is 64.3 cm³/mol. The van der Waals surface area contributed by atoms with Gasteiger partial charge >= 0.3 is 4.87 Å². The smallest absolute Gasteiger partial charge is 0.308 e. The van der Waals surface area contributed by atoms with Gasteiger partial charge in [-0.3, -0.25) is 9.36 Å². The third-order valence-corrected chi connectivity index (χ3v) is 3.36. The summed E-state index contributed by atoms with van der Waals surface area (Å²) in [5.74, 6) is 0.753. The van der Waals surface area contributed by atoms with Crippen LogP contribution in [0, 0.1) is 0 Å². The zero-order valence-corrected chi connectivity index (χ0v) is 9.79. The lowest BCUT2D eigenvalue weighted by molar-refractivity contribution is 0.280. The van der Waals surface area contributed by atoms with Gasteiger partial charge in [-0.15, -0.1) is 0 Å². The Morgan fingerprint density at radius 2 is 2.31 bits per heavy atom. The van der Waals surface area contributed by atoms with Crippen molar-refractivity contribution in [3.8, 4) is 5.75 Å². The molecule has 4 nitrogen and oxygen atoms in total. The van der Waals surface area contributed by atoms with E-state index in [2.05, 4.69) is 0 Å². The Bertz CT molecular complexity index is 544. The zero-order chi connectivity index (χ0) is 11.5. The van der Waals surface area contributed by atoms with Crippen molar-refractivity contribution in [1.82, 2.24) is 4.57 Å². The topological polar surface area (TPSA) is 51.5 Å². The van der Waals surface area contributed by atoms with E-state index in [0.29, 0.717) is 13.0 Å². The summed E-state index contributed by atoms with van der Waals surface area (Å²) in [4.78, 5) is 11.7. The van der Waals surface area contributed by atoms with Crippen LogP contribution in [-0.2, 0) is 6.54 Å². The molecule has 0 atom stereocenters. The van der Waals surface area contributed by atoms with Crippen molar-refractivity contribution in [1.29, 1.82) is 0 Å². The third-order valence-electron chi connectivity index (χ3n) is 2.42.